The van der Waals surface area contributed by atoms with Crippen LogP contribution in [0.2, 0.25) is 0 Å². The highest BCUT2D eigenvalue weighted by Gasteiger charge is 2.17. The Morgan fingerprint density at radius 3 is 2.52 bits per heavy atom. The van der Waals surface area contributed by atoms with Gasteiger partial charge < -0.3 is 10.1 Å². The van der Waals surface area contributed by atoms with Crippen LogP contribution in [0, 0.1) is 20.8 Å². The minimum atomic E-state index is -0.126. The molecule has 1 aromatic heterocycles. The number of hydrogen-bond acceptors (Lipinski definition) is 3. The molecule has 5 heteroatoms. The summed E-state index contributed by atoms with van der Waals surface area (Å²) in [7, 11) is 0. The second kappa shape index (κ2) is 6.43. The summed E-state index contributed by atoms with van der Waals surface area (Å²) < 4.78 is 5.66. The second-order valence-corrected chi connectivity index (χ2v) is 5.31. The Kier molecular flexibility index (Phi) is 4.62. The highest BCUT2D eigenvalue weighted by atomic mass is 16.5. The first-order chi connectivity index (χ1) is 9.97. The van der Waals surface area contributed by atoms with E-state index >= 15 is 0 Å². The highest BCUT2D eigenvalue weighted by Crippen LogP contribution is 2.12. The summed E-state index contributed by atoms with van der Waals surface area (Å²) in [6, 6.07) is 7.75. The molecule has 0 aliphatic carbocycles. The summed E-state index contributed by atoms with van der Waals surface area (Å²) in [4.78, 5) is 12.2. The number of aromatic nitrogens is 2. The third-order valence-corrected chi connectivity index (χ3v) is 3.25. The minimum Gasteiger partial charge on any atom is -0.491 e. The summed E-state index contributed by atoms with van der Waals surface area (Å²) in [5.74, 6) is 0.677. The van der Waals surface area contributed by atoms with E-state index in [1.54, 1.807) is 0 Å². The maximum Gasteiger partial charge on any atom is 0.255 e. The van der Waals surface area contributed by atoms with Crippen molar-refractivity contribution in [1.29, 1.82) is 0 Å². The van der Waals surface area contributed by atoms with Crippen molar-refractivity contribution < 1.29 is 9.53 Å². The average molecular weight is 287 g/mol. The Morgan fingerprint density at radius 2 is 1.95 bits per heavy atom. The van der Waals surface area contributed by atoms with E-state index in [9.17, 15) is 4.79 Å². The van der Waals surface area contributed by atoms with Gasteiger partial charge in [-0.05, 0) is 39.8 Å². The van der Waals surface area contributed by atoms with Gasteiger partial charge in [0, 0.05) is 5.69 Å². The van der Waals surface area contributed by atoms with Crippen LogP contribution >= 0.6 is 0 Å². The van der Waals surface area contributed by atoms with Crippen LogP contribution in [-0.4, -0.2) is 28.8 Å². The summed E-state index contributed by atoms with van der Waals surface area (Å²) >= 11 is 0. The van der Waals surface area contributed by atoms with E-state index in [1.807, 2.05) is 52.0 Å². The molecule has 0 radical (unpaired) electrons. The van der Waals surface area contributed by atoms with E-state index in [1.165, 1.54) is 5.56 Å². The van der Waals surface area contributed by atoms with Gasteiger partial charge in [0.2, 0.25) is 0 Å². The fourth-order valence-electron chi connectivity index (χ4n) is 2.08. The molecule has 0 saturated heterocycles. The molecule has 1 amide bonds. The summed E-state index contributed by atoms with van der Waals surface area (Å²) in [5, 5.41) is 9.76. The van der Waals surface area contributed by atoms with Gasteiger partial charge in [0.15, 0.2) is 0 Å². The van der Waals surface area contributed by atoms with Crippen molar-refractivity contribution in [2.45, 2.75) is 33.7 Å². The van der Waals surface area contributed by atoms with Crippen LogP contribution in [-0.2, 0) is 0 Å². The Bertz CT molecular complexity index is 597. The molecule has 0 bridgehead atoms. The molecule has 1 aromatic carbocycles. The number of carbonyl (C=O) groups excluding carboxylic acids is 1. The molecular formula is C16H21N3O2. The lowest BCUT2D eigenvalue weighted by Gasteiger charge is -2.15. The van der Waals surface area contributed by atoms with Crippen molar-refractivity contribution in [3.63, 3.8) is 0 Å². The van der Waals surface area contributed by atoms with Crippen LogP contribution < -0.4 is 10.1 Å². The van der Waals surface area contributed by atoms with Crippen molar-refractivity contribution in [3.8, 4) is 5.75 Å². The predicted octanol–water partition coefficient (Wildman–Crippen LogP) is 2.53. The number of aryl methyl sites for hydroxylation is 3. The molecule has 0 aliphatic heterocycles. The number of carbonyl (C=O) groups is 1. The number of nitrogens with one attached hydrogen (secondary N) is 2. The first-order valence-electron chi connectivity index (χ1n) is 6.99. The smallest absolute Gasteiger partial charge is 0.255 e. The normalized spacial score (nSPS) is 12.0. The van der Waals surface area contributed by atoms with E-state index < -0.39 is 0 Å². The molecule has 21 heavy (non-hydrogen) atoms. The van der Waals surface area contributed by atoms with Crippen molar-refractivity contribution in [2.24, 2.45) is 0 Å². The number of benzene rings is 1. The molecule has 2 N–H and O–H groups in total. The molecule has 2 rings (SSSR count). The Balaban J connectivity index is 1.88. The molecule has 112 valence electrons. The van der Waals surface area contributed by atoms with Gasteiger partial charge in [-0.1, -0.05) is 17.7 Å². The highest BCUT2D eigenvalue weighted by molar-refractivity contribution is 5.96. The SMILES string of the molecule is Cc1ccc(OCC(C)NC(=O)c2c(C)n[nH]c2C)cc1. The third-order valence-electron chi connectivity index (χ3n) is 3.25. The van der Waals surface area contributed by atoms with E-state index in [0.29, 0.717) is 17.9 Å². The van der Waals surface area contributed by atoms with E-state index in [-0.39, 0.29) is 11.9 Å². The average Bonchev–Trinajstić information content (AvgIpc) is 2.77. The number of ether oxygens (including phenoxy) is 1. The lowest BCUT2D eigenvalue weighted by Crippen LogP contribution is -2.37. The molecule has 0 fully saturated rings. The largest absolute Gasteiger partial charge is 0.491 e. The second-order valence-electron chi connectivity index (χ2n) is 5.31. The lowest BCUT2D eigenvalue weighted by atomic mass is 10.2. The number of H-pyrrole nitrogens is 1. The first-order valence-corrected chi connectivity index (χ1v) is 6.99. The van der Waals surface area contributed by atoms with Crippen molar-refractivity contribution in [3.05, 3.63) is 46.8 Å². The van der Waals surface area contributed by atoms with E-state index in [2.05, 4.69) is 15.5 Å². The zero-order valence-electron chi connectivity index (χ0n) is 12.9. The number of nitrogens with zero attached hydrogens (tertiary/aromatic N) is 1. The number of aromatic amines is 1. The molecule has 1 unspecified atom stereocenters. The Morgan fingerprint density at radius 1 is 1.29 bits per heavy atom. The summed E-state index contributed by atoms with van der Waals surface area (Å²) in [6.07, 6.45) is 0. The number of amides is 1. The van der Waals surface area contributed by atoms with Crippen LogP contribution in [0.5, 0.6) is 5.75 Å². The molecule has 1 heterocycles. The Labute approximate surface area is 124 Å². The van der Waals surface area contributed by atoms with Gasteiger partial charge in [-0.3, -0.25) is 9.89 Å². The van der Waals surface area contributed by atoms with Gasteiger partial charge >= 0.3 is 0 Å². The first kappa shape index (κ1) is 15.1. The fraction of sp³-hybridized carbons (Fsp3) is 0.375. The predicted molar refractivity (Wildman–Crippen MR) is 81.7 cm³/mol. The molecule has 0 aliphatic rings. The molecule has 0 spiro atoms. The molecule has 5 nitrogen and oxygen atoms in total. The minimum absolute atomic E-state index is 0.0903. The van der Waals surface area contributed by atoms with Crippen molar-refractivity contribution in [2.75, 3.05) is 6.61 Å². The summed E-state index contributed by atoms with van der Waals surface area (Å²) in [6.45, 7) is 8.01. The number of rotatable bonds is 5. The van der Waals surface area contributed by atoms with Gasteiger partial charge in [-0.25, -0.2) is 0 Å². The van der Waals surface area contributed by atoms with Crippen LogP contribution in [0.3, 0.4) is 0 Å². The third kappa shape index (κ3) is 3.84. The van der Waals surface area contributed by atoms with E-state index in [0.717, 1.165) is 11.4 Å². The van der Waals surface area contributed by atoms with Crippen LogP contribution in [0.4, 0.5) is 0 Å². The zero-order chi connectivity index (χ0) is 15.4. The maximum atomic E-state index is 12.2. The molecular weight excluding hydrogens is 266 g/mol. The van der Waals surface area contributed by atoms with Crippen molar-refractivity contribution in [1.82, 2.24) is 15.5 Å². The zero-order valence-corrected chi connectivity index (χ0v) is 12.9. The van der Waals surface area contributed by atoms with Gasteiger partial charge in [0.05, 0.1) is 17.3 Å². The standard InChI is InChI=1S/C16H21N3O2/c1-10-5-7-14(8-6-10)21-9-11(2)17-16(20)15-12(3)18-19-13(15)4/h5-8,11H,9H2,1-4H3,(H,17,20)(H,18,19). The summed E-state index contributed by atoms with van der Waals surface area (Å²) in [5.41, 5.74) is 3.28. The van der Waals surface area contributed by atoms with Crippen molar-refractivity contribution >= 4 is 5.91 Å². The molecule has 2 aromatic rings. The Hall–Kier alpha value is -2.30. The topological polar surface area (TPSA) is 67.0 Å². The molecule has 1 atom stereocenters. The lowest BCUT2D eigenvalue weighted by molar-refractivity contribution is 0.0925. The van der Waals surface area contributed by atoms with Gasteiger partial charge in [-0.2, -0.15) is 5.10 Å². The monoisotopic (exact) mass is 287 g/mol. The van der Waals surface area contributed by atoms with Crippen LogP contribution in [0.1, 0.15) is 34.2 Å². The quantitative estimate of drug-likeness (QED) is 0.888. The van der Waals surface area contributed by atoms with Crippen LogP contribution in [0.15, 0.2) is 24.3 Å². The van der Waals surface area contributed by atoms with Gasteiger partial charge in [0.1, 0.15) is 12.4 Å². The van der Waals surface area contributed by atoms with Crippen LogP contribution in [0.25, 0.3) is 0 Å². The van der Waals surface area contributed by atoms with E-state index in [4.69, 9.17) is 4.74 Å². The van der Waals surface area contributed by atoms with Gasteiger partial charge in [-0.15, -0.1) is 0 Å². The maximum absolute atomic E-state index is 12.2. The number of hydrogen-bond donors (Lipinski definition) is 2. The molecule has 0 saturated carbocycles. The van der Waals surface area contributed by atoms with Gasteiger partial charge in [0.25, 0.3) is 5.91 Å². The fourth-order valence-corrected chi connectivity index (χ4v) is 2.08.